The lowest BCUT2D eigenvalue weighted by molar-refractivity contribution is -0.00833. The van der Waals surface area contributed by atoms with E-state index in [1.54, 1.807) is 13.0 Å². The highest BCUT2D eigenvalue weighted by molar-refractivity contribution is 7.92. The highest BCUT2D eigenvalue weighted by Gasteiger charge is 2.32. The minimum absolute atomic E-state index is 0.0280. The number of aliphatic hydroxyl groups excluding tert-OH is 1. The summed E-state index contributed by atoms with van der Waals surface area (Å²) < 4.78 is 66.5. The SMILES string of the molecule is C[C@@H]1CCCCO[C@H](CN(C)S(=O)(=O)c2ccc(Cl)cc2)[C@@H](C)CN([C@H](C)CO)C(=O)c2cc(NS(C)(=O)=O)ccc2O1. The average Bonchev–Trinajstić information content (AvgIpc) is 2.93. The van der Waals surface area contributed by atoms with Gasteiger partial charge in [-0.1, -0.05) is 18.5 Å². The number of hydrogen-bond donors (Lipinski definition) is 2. The Morgan fingerprint density at radius 2 is 1.79 bits per heavy atom. The Kier molecular flexibility index (Phi) is 12.3. The lowest BCUT2D eigenvalue weighted by Gasteiger charge is -2.35. The Morgan fingerprint density at radius 1 is 1.12 bits per heavy atom. The summed E-state index contributed by atoms with van der Waals surface area (Å²) in [6.07, 6.45) is 2.34. The molecular formula is C29H42ClN3O8S2. The number of ether oxygens (including phenoxy) is 2. The molecule has 14 heteroatoms. The molecule has 240 valence electrons. The Labute approximate surface area is 260 Å². The van der Waals surface area contributed by atoms with Gasteiger partial charge in [-0.15, -0.1) is 0 Å². The van der Waals surface area contributed by atoms with Gasteiger partial charge in [-0.05, 0) is 75.6 Å². The van der Waals surface area contributed by atoms with E-state index in [2.05, 4.69) is 4.72 Å². The monoisotopic (exact) mass is 659 g/mol. The summed E-state index contributed by atoms with van der Waals surface area (Å²) in [4.78, 5) is 15.7. The van der Waals surface area contributed by atoms with Gasteiger partial charge in [0.1, 0.15) is 5.75 Å². The van der Waals surface area contributed by atoms with Crippen molar-refractivity contribution < 1.29 is 36.2 Å². The lowest BCUT2D eigenvalue weighted by atomic mass is 10.0. The van der Waals surface area contributed by atoms with Crippen molar-refractivity contribution in [2.24, 2.45) is 5.92 Å². The largest absolute Gasteiger partial charge is 0.490 e. The minimum atomic E-state index is -3.85. The molecule has 0 aliphatic carbocycles. The van der Waals surface area contributed by atoms with Crippen LogP contribution in [0.25, 0.3) is 0 Å². The number of sulfonamides is 2. The summed E-state index contributed by atoms with van der Waals surface area (Å²) >= 11 is 5.95. The number of anilines is 1. The number of carbonyl (C=O) groups excluding carboxylic acids is 1. The molecule has 0 aromatic heterocycles. The molecule has 1 aliphatic rings. The highest BCUT2D eigenvalue weighted by Crippen LogP contribution is 2.29. The van der Waals surface area contributed by atoms with Gasteiger partial charge in [-0.2, -0.15) is 4.31 Å². The molecule has 1 amide bonds. The van der Waals surface area contributed by atoms with Gasteiger partial charge in [0.25, 0.3) is 5.91 Å². The molecule has 2 aromatic rings. The summed E-state index contributed by atoms with van der Waals surface area (Å²) in [6, 6.07) is 9.84. The maximum atomic E-state index is 14.1. The second-order valence-electron chi connectivity index (χ2n) is 11.1. The second kappa shape index (κ2) is 15.0. The van der Waals surface area contributed by atoms with Crippen LogP contribution in [0.4, 0.5) is 5.69 Å². The predicted octanol–water partition coefficient (Wildman–Crippen LogP) is 3.83. The van der Waals surface area contributed by atoms with E-state index in [1.165, 1.54) is 52.7 Å². The lowest BCUT2D eigenvalue weighted by Crippen LogP contribution is -2.48. The van der Waals surface area contributed by atoms with Crippen LogP contribution in [-0.2, 0) is 24.8 Å². The Balaban J connectivity index is 1.98. The Morgan fingerprint density at radius 3 is 2.42 bits per heavy atom. The van der Waals surface area contributed by atoms with Crippen molar-refractivity contribution in [2.75, 3.05) is 44.3 Å². The molecule has 0 unspecified atom stereocenters. The van der Waals surface area contributed by atoms with Crippen LogP contribution in [0.15, 0.2) is 47.4 Å². The van der Waals surface area contributed by atoms with E-state index >= 15 is 0 Å². The number of rotatable bonds is 8. The fourth-order valence-electron chi connectivity index (χ4n) is 4.80. The molecule has 0 radical (unpaired) electrons. The number of carbonyl (C=O) groups is 1. The average molecular weight is 660 g/mol. The molecule has 0 bridgehead atoms. The molecular weight excluding hydrogens is 618 g/mol. The molecule has 2 aromatic carbocycles. The van der Waals surface area contributed by atoms with Gasteiger partial charge in [0, 0.05) is 43.4 Å². The van der Waals surface area contributed by atoms with Crippen molar-refractivity contribution in [3.8, 4) is 5.75 Å². The maximum Gasteiger partial charge on any atom is 0.258 e. The van der Waals surface area contributed by atoms with E-state index in [1.807, 2.05) is 13.8 Å². The normalized spacial score (nSPS) is 21.9. The van der Waals surface area contributed by atoms with E-state index in [-0.39, 0.29) is 47.9 Å². The predicted molar refractivity (Wildman–Crippen MR) is 167 cm³/mol. The molecule has 4 atom stereocenters. The molecule has 43 heavy (non-hydrogen) atoms. The van der Waals surface area contributed by atoms with Gasteiger partial charge in [-0.25, -0.2) is 16.8 Å². The van der Waals surface area contributed by atoms with E-state index in [9.17, 15) is 26.7 Å². The van der Waals surface area contributed by atoms with E-state index < -0.39 is 38.1 Å². The van der Waals surface area contributed by atoms with Crippen LogP contribution in [0.3, 0.4) is 0 Å². The van der Waals surface area contributed by atoms with Crippen LogP contribution in [0.1, 0.15) is 50.4 Å². The van der Waals surface area contributed by atoms with Gasteiger partial charge in [-0.3, -0.25) is 9.52 Å². The summed E-state index contributed by atoms with van der Waals surface area (Å²) in [6.45, 7) is 5.66. The zero-order valence-corrected chi connectivity index (χ0v) is 27.6. The first-order chi connectivity index (χ1) is 20.1. The van der Waals surface area contributed by atoms with Crippen molar-refractivity contribution in [1.29, 1.82) is 0 Å². The van der Waals surface area contributed by atoms with Gasteiger partial charge >= 0.3 is 0 Å². The number of amides is 1. The zero-order chi connectivity index (χ0) is 31.9. The maximum absolute atomic E-state index is 14.1. The van der Waals surface area contributed by atoms with Gasteiger partial charge in [0.2, 0.25) is 20.0 Å². The zero-order valence-electron chi connectivity index (χ0n) is 25.2. The molecule has 11 nitrogen and oxygen atoms in total. The smallest absolute Gasteiger partial charge is 0.258 e. The second-order valence-corrected chi connectivity index (χ2v) is 15.4. The highest BCUT2D eigenvalue weighted by atomic mass is 35.5. The van der Waals surface area contributed by atoms with Crippen molar-refractivity contribution in [2.45, 2.75) is 63.2 Å². The quantitative estimate of drug-likeness (QED) is 0.436. The molecule has 1 heterocycles. The summed E-state index contributed by atoms with van der Waals surface area (Å²) in [7, 11) is -5.98. The topological polar surface area (TPSA) is 143 Å². The van der Waals surface area contributed by atoms with Gasteiger partial charge in [0.05, 0.1) is 41.6 Å². The van der Waals surface area contributed by atoms with E-state index in [0.29, 0.717) is 30.2 Å². The molecule has 0 fully saturated rings. The first-order valence-electron chi connectivity index (χ1n) is 14.2. The minimum Gasteiger partial charge on any atom is -0.490 e. The van der Waals surface area contributed by atoms with Crippen molar-refractivity contribution in [3.05, 3.63) is 53.1 Å². The number of hydrogen-bond acceptors (Lipinski definition) is 8. The Bertz CT molecular complexity index is 1450. The number of nitrogens with zero attached hydrogens (tertiary/aromatic N) is 2. The number of fused-ring (bicyclic) bond motifs is 1. The van der Waals surface area contributed by atoms with Crippen LogP contribution in [0, 0.1) is 5.92 Å². The molecule has 2 N–H and O–H groups in total. The van der Waals surface area contributed by atoms with Crippen molar-refractivity contribution in [1.82, 2.24) is 9.21 Å². The number of halogens is 1. The molecule has 0 saturated carbocycles. The summed E-state index contributed by atoms with van der Waals surface area (Å²) in [5.74, 6) is -0.520. The van der Waals surface area contributed by atoms with Crippen LogP contribution in [-0.4, -0.2) is 94.9 Å². The fraction of sp³-hybridized carbons (Fsp3) is 0.552. The fourth-order valence-corrected chi connectivity index (χ4v) is 6.66. The molecule has 0 saturated heterocycles. The third-order valence-electron chi connectivity index (χ3n) is 7.31. The third-order valence-corrected chi connectivity index (χ3v) is 10.0. The number of benzene rings is 2. The molecule has 1 aliphatic heterocycles. The van der Waals surface area contributed by atoms with E-state index in [4.69, 9.17) is 21.1 Å². The van der Waals surface area contributed by atoms with Crippen LogP contribution < -0.4 is 9.46 Å². The third kappa shape index (κ3) is 9.79. The molecule has 3 rings (SSSR count). The standard InChI is InChI=1S/C29H42ClN3O8S2/c1-20-17-33(21(2)19-34)29(35)26-16-24(31-42(5,36)37)11-14-27(26)41-22(3)8-6-7-15-40-28(20)18-32(4)43(38,39)25-12-9-23(30)10-13-25/h9-14,16,20-22,28,31,34H,6-8,15,17-19H2,1-5H3/t20-,21+,22+,28+/m0/s1. The summed E-state index contributed by atoms with van der Waals surface area (Å²) in [5.41, 5.74) is 0.344. The summed E-state index contributed by atoms with van der Waals surface area (Å²) in [5, 5.41) is 10.5. The number of nitrogens with one attached hydrogen (secondary N) is 1. The first-order valence-corrected chi connectivity index (χ1v) is 17.9. The van der Waals surface area contributed by atoms with Crippen molar-refractivity contribution >= 4 is 43.2 Å². The van der Waals surface area contributed by atoms with Crippen LogP contribution >= 0.6 is 11.6 Å². The first kappa shape index (κ1) is 35.1. The Hall–Kier alpha value is -2.42. The van der Waals surface area contributed by atoms with E-state index in [0.717, 1.165) is 12.7 Å². The van der Waals surface area contributed by atoms with Gasteiger partial charge < -0.3 is 19.5 Å². The van der Waals surface area contributed by atoms with Crippen LogP contribution in [0.2, 0.25) is 5.02 Å². The van der Waals surface area contributed by atoms with Crippen molar-refractivity contribution in [3.63, 3.8) is 0 Å². The van der Waals surface area contributed by atoms with Gasteiger partial charge in [0.15, 0.2) is 0 Å². The number of aliphatic hydroxyl groups is 1. The number of likely N-dealkylation sites (N-methyl/N-ethyl adjacent to an activating group) is 1. The molecule has 0 spiro atoms. The van der Waals surface area contributed by atoms with Crippen LogP contribution in [0.5, 0.6) is 5.75 Å².